The molecule has 0 spiro atoms. The van der Waals surface area contributed by atoms with E-state index >= 15 is 0 Å². The molecule has 15 heavy (non-hydrogen) atoms. The van der Waals surface area contributed by atoms with Gasteiger partial charge >= 0.3 is 0 Å². The highest BCUT2D eigenvalue weighted by atomic mass is 16.5. The highest BCUT2D eigenvalue weighted by Gasteiger charge is 2.00. The van der Waals surface area contributed by atoms with Gasteiger partial charge in [-0.1, -0.05) is 13.0 Å². The second kappa shape index (κ2) is 5.98. The Morgan fingerprint density at radius 1 is 1.40 bits per heavy atom. The summed E-state index contributed by atoms with van der Waals surface area (Å²) in [6.45, 7) is 4.52. The summed E-state index contributed by atoms with van der Waals surface area (Å²) in [6, 6.07) is 5.92. The summed E-state index contributed by atoms with van der Waals surface area (Å²) >= 11 is 0. The lowest BCUT2D eigenvalue weighted by atomic mass is 10.1. The molecule has 0 bridgehead atoms. The van der Waals surface area contributed by atoms with E-state index in [0.29, 0.717) is 12.3 Å². The molecule has 0 aliphatic carbocycles. The number of rotatable bonds is 4. The minimum absolute atomic E-state index is 0.594. The number of benzene rings is 1. The second-order valence-corrected chi connectivity index (χ2v) is 3.25. The normalized spacial score (nSPS) is 9.20. The third-order valence-corrected chi connectivity index (χ3v) is 2.14. The van der Waals surface area contributed by atoms with Crippen LogP contribution in [0.1, 0.15) is 25.8 Å². The van der Waals surface area contributed by atoms with Gasteiger partial charge in [-0.2, -0.15) is 0 Å². The minimum atomic E-state index is 0.594. The van der Waals surface area contributed by atoms with E-state index in [0.717, 1.165) is 18.6 Å². The van der Waals surface area contributed by atoms with Crippen LogP contribution in [0, 0.1) is 11.8 Å². The van der Waals surface area contributed by atoms with Gasteiger partial charge in [0.15, 0.2) is 0 Å². The molecule has 0 heterocycles. The lowest BCUT2D eigenvalue weighted by Crippen LogP contribution is -2.00. The monoisotopic (exact) mass is 203 g/mol. The van der Waals surface area contributed by atoms with E-state index in [1.165, 1.54) is 5.56 Å². The third-order valence-electron chi connectivity index (χ3n) is 2.14. The zero-order valence-corrected chi connectivity index (χ0v) is 9.34. The topological polar surface area (TPSA) is 35.2 Å². The number of nitrogens with two attached hydrogens (primary N) is 1. The lowest BCUT2D eigenvalue weighted by Gasteiger charge is -2.08. The zero-order valence-electron chi connectivity index (χ0n) is 9.34. The van der Waals surface area contributed by atoms with Gasteiger partial charge in [0.1, 0.15) is 5.75 Å². The van der Waals surface area contributed by atoms with E-state index in [1.807, 2.05) is 25.1 Å². The molecule has 1 aromatic rings. The summed E-state index contributed by atoms with van der Waals surface area (Å²) in [7, 11) is 0. The molecule has 80 valence electrons. The fourth-order valence-corrected chi connectivity index (χ4v) is 1.29. The zero-order chi connectivity index (χ0) is 11.1. The van der Waals surface area contributed by atoms with Gasteiger partial charge in [-0.15, -0.1) is 11.8 Å². The first-order valence-corrected chi connectivity index (χ1v) is 5.18. The van der Waals surface area contributed by atoms with Crippen molar-refractivity contribution in [3.63, 3.8) is 0 Å². The molecular weight excluding hydrogens is 186 g/mol. The smallest absolute Gasteiger partial charge is 0.142 e. The third kappa shape index (κ3) is 3.55. The maximum Gasteiger partial charge on any atom is 0.142 e. The van der Waals surface area contributed by atoms with Crippen LogP contribution in [0.25, 0.3) is 0 Å². The molecule has 1 rings (SSSR count). The lowest BCUT2D eigenvalue weighted by molar-refractivity contribution is 0.329. The molecule has 0 aliphatic heterocycles. The van der Waals surface area contributed by atoms with Crippen LogP contribution in [0.15, 0.2) is 18.2 Å². The molecular formula is C13H17NO. The molecule has 1 aromatic carbocycles. The number of anilines is 1. The predicted molar refractivity (Wildman–Crippen MR) is 63.8 cm³/mol. The molecule has 2 heteroatoms. The molecule has 0 fully saturated rings. The van der Waals surface area contributed by atoms with Crippen LogP contribution in [0.2, 0.25) is 0 Å². The van der Waals surface area contributed by atoms with Crippen molar-refractivity contribution < 1.29 is 4.74 Å². The number of nitrogen functional groups attached to an aromatic ring is 1. The van der Waals surface area contributed by atoms with Crippen molar-refractivity contribution in [2.24, 2.45) is 0 Å². The van der Waals surface area contributed by atoms with Crippen molar-refractivity contribution in [3.8, 4) is 17.6 Å². The van der Waals surface area contributed by atoms with Crippen LogP contribution in [0.3, 0.4) is 0 Å². The Labute approximate surface area is 91.4 Å². The molecule has 2 nitrogen and oxygen atoms in total. The van der Waals surface area contributed by atoms with Crippen LogP contribution in [-0.4, -0.2) is 6.61 Å². The standard InChI is InChI=1S/C13H17NO/c1-3-5-6-9-15-13-8-7-11(4-2)10-12(13)14/h7-8,10H,4,6,9,14H2,1-2H3. The average molecular weight is 203 g/mol. The van der Waals surface area contributed by atoms with E-state index < -0.39 is 0 Å². The largest absolute Gasteiger partial charge is 0.490 e. The van der Waals surface area contributed by atoms with E-state index in [4.69, 9.17) is 10.5 Å². The van der Waals surface area contributed by atoms with Gasteiger partial charge in [0.05, 0.1) is 12.3 Å². The summed E-state index contributed by atoms with van der Waals surface area (Å²) in [6.07, 6.45) is 1.73. The molecule has 0 saturated heterocycles. The Hall–Kier alpha value is -1.62. The maximum atomic E-state index is 5.85. The van der Waals surface area contributed by atoms with Gasteiger partial charge in [0.2, 0.25) is 0 Å². The number of ether oxygens (including phenoxy) is 1. The van der Waals surface area contributed by atoms with Gasteiger partial charge in [0, 0.05) is 6.42 Å². The van der Waals surface area contributed by atoms with Crippen molar-refractivity contribution in [1.82, 2.24) is 0 Å². The van der Waals surface area contributed by atoms with E-state index in [9.17, 15) is 0 Å². The minimum Gasteiger partial charge on any atom is -0.490 e. The van der Waals surface area contributed by atoms with Crippen molar-refractivity contribution in [1.29, 1.82) is 0 Å². The van der Waals surface area contributed by atoms with Gasteiger partial charge in [-0.3, -0.25) is 0 Å². The van der Waals surface area contributed by atoms with Gasteiger partial charge in [0.25, 0.3) is 0 Å². The summed E-state index contributed by atoms with van der Waals surface area (Å²) in [5.41, 5.74) is 7.79. The Kier molecular flexibility index (Phi) is 4.56. The Morgan fingerprint density at radius 3 is 2.80 bits per heavy atom. The first-order chi connectivity index (χ1) is 7.27. The number of hydrogen-bond acceptors (Lipinski definition) is 2. The van der Waals surface area contributed by atoms with Crippen molar-refractivity contribution in [3.05, 3.63) is 23.8 Å². The van der Waals surface area contributed by atoms with E-state index in [1.54, 1.807) is 0 Å². The SMILES string of the molecule is CC#CCCOc1ccc(CC)cc1N. The molecule has 0 amide bonds. The fraction of sp³-hybridized carbons (Fsp3) is 0.385. The molecule has 0 unspecified atom stereocenters. The number of hydrogen-bond donors (Lipinski definition) is 1. The van der Waals surface area contributed by atoms with Crippen molar-refractivity contribution >= 4 is 5.69 Å². The Bertz CT molecular complexity index is 374. The highest BCUT2D eigenvalue weighted by molar-refractivity contribution is 5.54. The second-order valence-electron chi connectivity index (χ2n) is 3.25. The van der Waals surface area contributed by atoms with Crippen molar-refractivity contribution in [2.75, 3.05) is 12.3 Å². The molecule has 2 N–H and O–H groups in total. The number of aryl methyl sites for hydroxylation is 1. The van der Waals surface area contributed by atoms with E-state index in [-0.39, 0.29) is 0 Å². The van der Waals surface area contributed by atoms with Crippen molar-refractivity contribution in [2.45, 2.75) is 26.7 Å². The quantitative estimate of drug-likeness (QED) is 0.464. The summed E-state index contributed by atoms with van der Waals surface area (Å²) in [4.78, 5) is 0. The molecule has 0 atom stereocenters. The maximum absolute atomic E-state index is 5.85. The van der Waals surface area contributed by atoms with Gasteiger partial charge in [-0.05, 0) is 31.0 Å². The Balaban J connectivity index is 2.56. The first kappa shape index (κ1) is 11.5. The molecule has 0 aromatic heterocycles. The average Bonchev–Trinajstić information content (AvgIpc) is 2.26. The van der Waals surface area contributed by atoms with Crippen LogP contribution in [-0.2, 0) is 6.42 Å². The molecule has 0 saturated carbocycles. The van der Waals surface area contributed by atoms with Gasteiger partial charge in [-0.25, -0.2) is 0 Å². The molecule has 0 radical (unpaired) electrons. The summed E-state index contributed by atoms with van der Waals surface area (Å²) in [5, 5.41) is 0. The summed E-state index contributed by atoms with van der Waals surface area (Å²) < 4.78 is 5.51. The first-order valence-electron chi connectivity index (χ1n) is 5.18. The van der Waals surface area contributed by atoms with Crippen LogP contribution >= 0.6 is 0 Å². The fourth-order valence-electron chi connectivity index (χ4n) is 1.29. The van der Waals surface area contributed by atoms with Crippen LogP contribution in [0.4, 0.5) is 5.69 Å². The van der Waals surface area contributed by atoms with E-state index in [2.05, 4.69) is 18.8 Å². The van der Waals surface area contributed by atoms with Gasteiger partial charge < -0.3 is 10.5 Å². The van der Waals surface area contributed by atoms with Crippen LogP contribution in [0.5, 0.6) is 5.75 Å². The Morgan fingerprint density at radius 2 is 2.20 bits per heavy atom. The highest BCUT2D eigenvalue weighted by Crippen LogP contribution is 2.22. The van der Waals surface area contributed by atoms with Crippen LogP contribution < -0.4 is 10.5 Å². The predicted octanol–water partition coefficient (Wildman–Crippen LogP) is 2.62. The summed E-state index contributed by atoms with van der Waals surface area (Å²) in [5.74, 6) is 6.53. The molecule has 0 aliphatic rings.